The molecule has 4 heteroatoms. The van der Waals surface area contributed by atoms with Crippen LogP contribution in [0.2, 0.25) is 0 Å². The first kappa shape index (κ1) is 12.9. The van der Waals surface area contributed by atoms with E-state index in [1.54, 1.807) is 12.4 Å². The molecule has 0 saturated carbocycles. The number of rotatable bonds is 3. The number of benzene rings is 1. The lowest BCUT2D eigenvalue weighted by Crippen LogP contribution is -2.29. The molecular weight excluding hydrogens is 248 g/mol. The Morgan fingerprint density at radius 1 is 1.30 bits per heavy atom. The lowest BCUT2D eigenvalue weighted by Gasteiger charge is -2.33. The quantitative estimate of drug-likeness (QED) is 0.929. The van der Waals surface area contributed by atoms with Crippen LogP contribution in [0.3, 0.4) is 0 Å². The Morgan fingerprint density at radius 2 is 2.15 bits per heavy atom. The monoisotopic (exact) mass is 268 g/mol. The third-order valence-electron chi connectivity index (χ3n) is 3.89. The minimum Gasteiger partial charge on any atom is -0.374 e. The van der Waals surface area contributed by atoms with E-state index in [9.17, 15) is 0 Å². The molecule has 1 unspecified atom stereocenters. The number of hydrogen-bond donors (Lipinski definition) is 1. The van der Waals surface area contributed by atoms with Crippen molar-refractivity contribution in [2.75, 3.05) is 30.4 Å². The van der Waals surface area contributed by atoms with Crippen LogP contribution in [0, 0.1) is 6.92 Å². The maximum absolute atomic E-state index is 4.44. The van der Waals surface area contributed by atoms with Gasteiger partial charge < -0.3 is 10.2 Å². The molecule has 0 bridgehead atoms. The average Bonchev–Trinajstić information content (AvgIpc) is 2.47. The summed E-state index contributed by atoms with van der Waals surface area (Å²) >= 11 is 0. The number of nitrogens with zero attached hydrogens (tertiary/aromatic N) is 3. The van der Waals surface area contributed by atoms with Crippen molar-refractivity contribution in [2.24, 2.45) is 0 Å². The van der Waals surface area contributed by atoms with Gasteiger partial charge in [-0.3, -0.25) is 4.98 Å². The third-order valence-corrected chi connectivity index (χ3v) is 3.89. The van der Waals surface area contributed by atoms with Crippen molar-refractivity contribution in [3.8, 4) is 0 Å². The summed E-state index contributed by atoms with van der Waals surface area (Å²) in [5.41, 5.74) is 3.72. The maximum Gasteiger partial charge on any atom is 0.144 e. The number of anilines is 2. The SMILES string of the molecule is Cc1cncc(NCC2CCN(C)c3ccccc32)n1. The van der Waals surface area contributed by atoms with E-state index in [0.717, 1.165) is 24.6 Å². The highest BCUT2D eigenvalue weighted by atomic mass is 15.1. The summed E-state index contributed by atoms with van der Waals surface area (Å²) in [6.07, 6.45) is 4.73. The van der Waals surface area contributed by atoms with Gasteiger partial charge in [-0.2, -0.15) is 0 Å². The van der Waals surface area contributed by atoms with E-state index >= 15 is 0 Å². The summed E-state index contributed by atoms with van der Waals surface area (Å²) in [5, 5.41) is 3.42. The maximum atomic E-state index is 4.44. The Bertz CT molecular complexity index is 597. The van der Waals surface area contributed by atoms with E-state index < -0.39 is 0 Å². The molecular formula is C16H20N4. The van der Waals surface area contributed by atoms with Crippen LogP contribution in [0.1, 0.15) is 23.6 Å². The molecule has 104 valence electrons. The van der Waals surface area contributed by atoms with E-state index in [2.05, 4.69) is 51.5 Å². The van der Waals surface area contributed by atoms with Gasteiger partial charge in [-0.15, -0.1) is 0 Å². The van der Waals surface area contributed by atoms with E-state index in [-0.39, 0.29) is 0 Å². The fraction of sp³-hybridized carbons (Fsp3) is 0.375. The molecule has 3 rings (SSSR count). The number of aryl methyl sites for hydroxylation is 1. The Balaban J connectivity index is 1.74. The molecule has 1 atom stereocenters. The first-order valence-corrected chi connectivity index (χ1v) is 7.06. The molecule has 0 fully saturated rings. The number of hydrogen-bond acceptors (Lipinski definition) is 4. The molecule has 1 aliphatic heterocycles. The Hall–Kier alpha value is -2.10. The standard InChI is InChI=1S/C16H20N4/c1-12-9-17-11-16(19-12)18-10-13-7-8-20(2)15-6-4-3-5-14(13)15/h3-6,9,11,13H,7-8,10H2,1-2H3,(H,18,19). The predicted molar refractivity (Wildman–Crippen MR) is 82.3 cm³/mol. The molecule has 0 aliphatic carbocycles. The molecule has 0 radical (unpaired) electrons. The molecule has 4 nitrogen and oxygen atoms in total. The average molecular weight is 268 g/mol. The molecule has 2 aromatic rings. The fourth-order valence-electron chi connectivity index (χ4n) is 2.79. The first-order chi connectivity index (χ1) is 9.74. The molecule has 0 amide bonds. The van der Waals surface area contributed by atoms with E-state index in [1.165, 1.54) is 17.7 Å². The molecule has 1 aliphatic rings. The summed E-state index contributed by atoms with van der Waals surface area (Å²) in [6.45, 7) is 3.97. The zero-order chi connectivity index (χ0) is 13.9. The fourth-order valence-corrected chi connectivity index (χ4v) is 2.79. The van der Waals surface area contributed by atoms with Crippen LogP contribution < -0.4 is 10.2 Å². The van der Waals surface area contributed by atoms with Crippen molar-refractivity contribution in [3.05, 3.63) is 47.9 Å². The number of aromatic nitrogens is 2. The summed E-state index contributed by atoms with van der Waals surface area (Å²) in [6, 6.07) is 8.67. The normalized spacial score (nSPS) is 17.7. The molecule has 1 aromatic heterocycles. The third kappa shape index (κ3) is 2.59. The summed E-state index contributed by atoms with van der Waals surface area (Å²) in [5.74, 6) is 1.39. The van der Waals surface area contributed by atoms with Crippen molar-refractivity contribution in [3.63, 3.8) is 0 Å². The van der Waals surface area contributed by atoms with Crippen LogP contribution >= 0.6 is 0 Å². The Labute approximate surface area is 119 Å². The van der Waals surface area contributed by atoms with Gasteiger partial charge in [0.25, 0.3) is 0 Å². The number of nitrogens with one attached hydrogen (secondary N) is 1. The molecule has 0 spiro atoms. The lowest BCUT2D eigenvalue weighted by molar-refractivity contribution is 0.613. The molecule has 1 aromatic carbocycles. The van der Waals surface area contributed by atoms with E-state index in [0.29, 0.717) is 5.92 Å². The van der Waals surface area contributed by atoms with Gasteiger partial charge in [0, 0.05) is 37.9 Å². The van der Waals surface area contributed by atoms with Crippen LogP contribution in [0.15, 0.2) is 36.7 Å². The van der Waals surface area contributed by atoms with E-state index in [1.807, 2.05) is 6.92 Å². The highest BCUT2D eigenvalue weighted by Gasteiger charge is 2.22. The van der Waals surface area contributed by atoms with Gasteiger partial charge in [0.2, 0.25) is 0 Å². The summed E-state index contributed by atoms with van der Waals surface area (Å²) < 4.78 is 0. The second-order valence-electron chi connectivity index (χ2n) is 5.39. The Morgan fingerprint density at radius 3 is 3.00 bits per heavy atom. The van der Waals surface area contributed by atoms with Crippen molar-refractivity contribution in [1.82, 2.24) is 9.97 Å². The van der Waals surface area contributed by atoms with Gasteiger partial charge in [-0.25, -0.2) is 4.98 Å². The van der Waals surface area contributed by atoms with Gasteiger partial charge in [0.1, 0.15) is 5.82 Å². The largest absolute Gasteiger partial charge is 0.374 e. The highest BCUT2D eigenvalue weighted by Crippen LogP contribution is 2.34. The number of fused-ring (bicyclic) bond motifs is 1. The predicted octanol–water partition coefficient (Wildman–Crippen LogP) is 2.82. The minimum absolute atomic E-state index is 0.532. The molecule has 2 heterocycles. The minimum atomic E-state index is 0.532. The highest BCUT2D eigenvalue weighted by molar-refractivity contribution is 5.57. The van der Waals surface area contributed by atoms with Crippen LogP contribution in [0.4, 0.5) is 11.5 Å². The molecule has 20 heavy (non-hydrogen) atoms. The molecule has 0 saturated heterocycles. The molecule has 1 N–H and O–H groups in total. The van der Waals surface area contributed by atoms with Crippen molar-refractivity contribution in [1.29, 1.82) is 0 Å². The van der Waals surface area contributed by atoms with Crippen molar-refractivity contribution < 1.29 is 0 Å². The topological polar surface area (TPSA) is 41.1 Å². The summed E-state index contributed by atoms with van der Waals surface area (Å²) in [7, 11) is 2.16. The summed E-state index contributed by atoms with van der Waals surface area (Å²) in [4.78, 5) is 10.9. The smallest absolute Gasteiger partial charge is 0.144 e. The second kappa shape index (κ2) is 5.49. The zero-order valence-electron chi connectivity index (χ0n) is 12.0. The van der Waals surface area contributed by atoms with Crippen LogP contribution in [-0.2, 0) is 0 Å². The first-order valence-electron chi connectivity index (χ1n) is 7.06. The van der Waals surface area contributed by atoms with E-state index in [4.69, 9.17) is 0 Å². The van der Waals surface area contributed by atoms with Crippen LogP contribution in [0.5, 0.6) is 0 Å². The van der Waals surface area contributed by atoms with Gasteiger partial charge in [0.05, 0.1) is 11.9 Å². The Kier molecular flexibility index (Phi) is 3.54. The van der Waals surface area contributed by atoms with Gasteiger partial charge in [-0.1, -0.05) is 18.2 Å². The van der Waals surface area contributed by atoms with Gasteiger partial charge in [-0.05, 0) is 25.0 Å². The van der Waals surface area contributed by atoms with Crippen LogP contribution in [-0.4, -0.2) is 30.1 Å². The zero-order valence-corrected chi connectivity index (χ0v) is 12.0. The van der Waals surface area contributed by atoms with Crippen molar-refractivity contribution >= 4 is 11.5 Å². The van der Waals surface area contributed by atoms with Gasteiger partial charge >= 0.3 is 0 Å². The van der Waals surface area contributed by atoms with Gasteiger partial charge in [0.15, 0.2) is 0 Å². The van der Waals surface area contributed by atoms with Crippen LogP contribution in [0.25, 0.3) is 0 Å². The second-order valence-corrected chi connectivity index (χ2v) is 5.39. The lowest BCUT2D eigenvalue weighted by atomic mass is 9.90. The number of para-hydroxylation sites is 1. The van der Waals surface area contributed by atoms with Crippen molar-refractivity contribution in [2.45, 2.75) is 19.3 Å².